The van der Waals surface area contributed by atoms with E-state index in [1.165, 1.54) is 19.4 Å². The number of nitrogens with two attached hydrogens (primary N) is 1. The number of fused-ring (bicyclic) bond motifs is 1. The van der Waals surface area contributed by atoms with Crippen molar-refractivity contribution in [2.45, 2.75) is 44.2 Å². The van der Waals surface area contributed by atoms with Gasteiger partial charge >= 0.3 is 0 Å². The van der Waals surface area contributed by atoms with Crippen LogP contribution in [0.25, 0.3) is 0 Å². The first-order chi connectivity index (χ1) is 9.78. The quantitative estimate of drug-likeness (QED) is 0.780. The van der Waals surface area contributed by atoms with Gasteiger partial charge in [-0.05, 0) is 44.7 Å². The highest BCUT2D eigenvalue weighted by Gasteiger charge is 2.34. The van der Waals surface area contributed by atoms with Crippen LogP contribution < -0.4 is 11.1 Å². The van der Waals surface area contributed by atoms with E-state index < -0.39 is 0 Å². The van der Waals surface area contributed by atoms with Crippen LogP contribution in [0.2, 0.25) is 0 Å². The van der Waals surface area contributed by atoms with Crippen molar-refractivity contribution >= 4 is 5.91 Å². The van der Waals surface area contributed by atoms with Crippen LogP contribution in [0.4, 0.5) is 0 Å². The summed E-state index contributed by atoms with van der Waals surface area (Å²) in [6, 6.07) is 0.624. The molecule has 4 atom stereocenters. The van der Waals surface area contributed by atoms with Gasteiger partial charge in [0.05, 0.1) is 12.7 Å². The van der Waals surface area contributed by atoms with Gasteiger partial charge in [-0.15, -0.1) is 0 Å². The SMILES string of the molecule is NCC1CCCC1C(=O)NCC1CN2CCCC2CO1. The standard InChI is InChI=1S/C15H27N3O2/c16-7-11-3-1-5-14(11)15(19)17-8-13-9-18-6-2-4-12(18)10-20-13/h11-14H,1-10,16H2,(H,17,19). The third kappa shape index (κ3) is 3.00. The summed E-state index contributed by atoms with van der Waals surface area (Å²) < 4.78 is 5.88. The Balaban J connectivity index is 1.44. The molecular weight excluding hydrogens is 254 g/mol. The minimum atomic E-state index is 0.128. The highest BCUT2D eigenvalue weighted by Crippen LogP contribution is 2.31. The van der Waals surface area contributed by atoms with Gasteiger partial charge in [-0.3, -0.25) is 9.69 Å². The molecule has 5 heteroatoms. The van der Waals surface area contributed by atoms with Crippen LogP contribution in [0.1, 0.15) is 32.1 Å². The first kappa shape index (κ1) is 14.3. The van der Waals surface area contributed by atoms with Gasteiger partial charge in [-0.25, -0.2) is 0 Å². The number of rotatable bonds is 4. The number of hydrogen-bond acceptors (Lipinski definition) is 4. The second-order valence-corrected chi connectivity index (χ2v) is 6.52. The van der Waals surface area contributed by atoms with E-state index in [1.54, 1.807) is 0 Å². The summed E-state index contributed by atoms with van der Waals surface area (Å²) in [4.78, 5) is 14.8. The van der Waals surface area contributed by atoms with E-state index in [0.29, 0.717) is 25.0 Å². The number of nitrogens with zero attached hydrogens (tertiary/aromatic N) is 1. The van der Waals surface area contributed by atoms with E-state index in [-0.39, 0.29) is 17.9 Å². The first-order valence-corrected chi connectivity index (χ1v) is 8.11. The zero-order valence-electron chi connectivity index (χ0n) is 12.2. The Hall–Kier alpha value is -0.650. The fourth-order valence-corrected chi connectivity index (χ4v) is 4.02. The summed E-state index contributed by atoms with van der Waals surface area (Å²) in [5, 5.41) is 3.09. The molecular formula is C15H27N3O2. The summed E-state index contributed by atoms with van der Waals surface area (Å²) in [7, 11) is 0. The van der Waals surface area contributed by atoms with E-state index in [1.807, 2.05) is 0 Å². The Morgan fingerprint density at radius 1 is 1.30 bits per heavy atom. The first-order valence-electron chi connectivity index (χ1n) is 8.11. The smallest absolute Gasteiger partial charge is 0.223 e. The normalized spacial score (nSPS) is 37.9. The van der Waals surface area contributed by atoms with Gasteiger partial charge in [0.25, 0.3) is 0 Å². The molecule has 1 aliphatic carbocycles. The van der Waals surface area contributed by atoms with Crippen molar-refractivity contribution in [2.75, 3.05) is 32.8 Å². The zero-order valence-corrected chi connectivity index (χ0v) is 12.2. The average Bonchev–Trinajstić information content (AvgIpc) is 3.12. The lowest BCUT2D eigenvalue weighted by Gasteiger charge is -2.35. The summed E-state index contributed by atoms with van der Waals surface area (Å²) >= 11 is 0. The largest absolute Gasteiger partial charge is 0.373 e. The van der Waals surface area contributed by atoms with Crippen LogP contribution in [0.15, 0.2) is 0 Å². The molecule has 3 aliphatic rings. The lowest BCUT2D eigenvalue weighted by Crippen LogP contribution is -2.50. The van der Waals surface area contributed by atoms with Gasteiger partial charge in [0.2, 0.25) is 5.91 Å². The summed E-state index contributed by atoms with van der Waals surface area (Å²) in [6.45, 7) is 4.27. The molecule has 2 aliphatic heterocycles. The third-order valence-corrected chi connectivity index (χ3v) is 5.26. The zero-order chi connectivity index (χ0) is 13.9. The minimum absolute atomic E-state index is 0.128. The van der Waals surface area contributed by atoms with Gasteiger partial charge in [0.1, 0.15) is 0 Å². The number of carbonyl (C=O) groups is 1. The number of nitrogens with one attached hydrogen (secondary N) is 1. The number of amides is 1. The van der Waals surface area contributed by atoms with Crippen LogP contribution in [0.3, 0.4) is 0 Å². The summed E-state index contributed by atoms with van der Waals surface area (Å²) in [5.41, 5.74) is 5.75. The Morgan fingerprint density at radius 3 is 3.05 bits per heavy atom. The molecule has 2 saturated heterocycles. The number of ether oxygens (including phenoxy) is 1. The molecule has 114 valence electrons. The summed E-state index contributed by atoms with van der Waals surface area (Å²) in [5.74, 6) is 0.693. The molecule has 20 heavy (non-hydrogen) atoms. The van der Waals surface area contributed by atoms with E-state index >= 15 is 0 Å². The Morgan fingerprint density at radius 2 is 2.20 bits per heavy atom. The molecule has 1 saturated carbocycles. The lowest BCUT2D eigenvalue weighted by atomic mass is 9.95. The molecule has 3 N–H and O–H groups in total. The van der Waals surface area contributed by atoms with Crippen LogP contribution >= 0.6 is 0 Å². The van der Waals surface area contributed by atoms with Crippen molar-refractivity contribution in [1.29, 1.82) is 0 Å². The number of hydrogen-bond donors (Lipinski definition) is 2. The van der Waals surface area contributed by atoms with Crippen molar-refractivity contribution < 1.29 is 9.53 Å². The molecule has 2 heterocycles. The van der Waals surface area contributed by atoms with Gasteiger partial charge < -0.3 is 15.8 Å². The predicted octanol–water partition coefficient (Wildman–Crippen LogP) is 0.341. The van der Waals surface area contributed by atoms with Crippen molar-refractivity contribution in [3.05, 3.63) is 0 Å². The van der Waals surface area contributed by atoms with E-state index in [0.717, 1.165) is 32.4 Å². The second kappa shape index (κ2) is 6.41. The number of carbonyl (C=O) groups excluding carboxylic acids is 1. The van der Waals surface area contributed by atoms with E-state index in [9.17, 15) is 4.79 Å². The monoisotopic (exact) mass is 281 g/mol. The lowest BCUT2D eigenvalue weighted by molar-refractivity contribution is -0.127. The third-order valence-electron chi connectivity index (χ3n) is 5.26. The maximum absolute atomic E-state index is 12.2. The second-order valence-electron chi connectivity index (χ2n) is 6.52. The van der Waals surface area contributed by atoms with Gasteiger partial charge in [-0.2, -0.15) is 0 Å². The van der Waals surface area contributed by atoms with Crippen molar-refractivity contribution in [3.8, 4) is 0 Å². The van der Waals surface area contributed by atoms with E-state index in [2.05, 4.69) is 10.2 Å². The Bertz CT molecular complexity index is 350. The molecule has 4 unspecified atom stereocenters. The molecule has 0 aromatic heterocycles. The van der Waals surface area contributed by atoms with E-state index in [4.69, 9.17) is 10.5 Å². The van der Waals surface area contributed by atoms with Gasteiger partial charge in [0.15, 0.2) is 0 Å². The molecule has 0 aromatic rings. The molecule has 3 fully saturated rings. The number of morpholine rings is 1. The van der Waals surface area contributed by atoms with Crippen LogP contribution in [0.5, 0.6) is 0 Å². The highest BCUT2D eigenvalue weighted by molar-refractivity contribution is 5.79. The Kier molecular flexibility index (Phi) is 4.58. The van der Waals surface area contributed by atoms with Gasteiger partial charge in [-0.1, -0.05) is 6.42 Å². The Labute approximate surface area is 121 Å². The average molecular weight is 281 g/mol. The highest BCUT2D eigenvalue weighted by atomic mass is 16.5. The van der Waals surface area contributed by atoms with Crippen molar-refractivity contribution in [1.82, 2.24) is 10.2 Å². The molecule has 1 amide bonds. The maximum Gasteiger partial charge on any atom is 0.223 e. The molecule has 0 bridgehead atoms. The van der Waals surface area contributed by atoms with Crippen molar-refractivity contribution in [2.24, 2.45) is 17.6 Å². The van der Waals surface area contributed by atoms with Crippen LogP contribution in [-0.2, 0) is 9.53 Å². The molecule has 0 spiro atoms. The summed E-state index contributed by atoms with van der Waals surface area (Å²) in [6.07, 6.45) is 5.94. The fraction of sp³-hybridized carbons (Fsp3) is 0.933. The predicted molar refractivity (Wildman–Crippen MR) is 77.2 cm³/mol. The van der Waals surface area contributed by atoms with Crippen LogP contribution in [0, 0.1) is 11.8 Å². The molecule has 0 aromatic carbocycles. The van der Waals surface area contributed by atoms with Gasteiger partial charge in [0, 0.05) is 25.0 Å². The van der Waals surface area contributed by atoms with Crippen LogP contribution in [-0.4, -0.2) is 55.7 Å². The van der Waals surface area contributed by atoms with Crippen molar-refractivity contribution in [3.63, 3.8) is 0 Å². The molecule has 0 radical (unpaired) electrons. The topological polar surface area (TPSA) is 67.6 Å². The minimum Gasteiger partial charge on any atom is -0.373 e. The molecule has 3 rings (SSSR count). The maximum atomic E-state index is 12.2. The fourth-order valence-electron chi connectivity index (χ4n) is 4.02. The molecule has 5 nitrogen and oxygen atoms in total.